The number of benzene rings is 3. The first-order valence-corrected chi connectivity index (χ1v) is 9.46. The van der Waals surface area contributed by atoms with Gasteiger partial charge in [0.2, 0.25) is 5.69 Å². The second-order valence-corrected chi connectivity index (χ2v) is 7.12. The van der Waals surface area contributed by atoms with Crippen LogP contribution in [-0.4, -0.2) is 16.2 Å². The average molecular weight is 360 g/mol. The molecule has 2 aromatic heterocycles. The van der Waals surface area contributed by atoms with Gasteiger partial charge in [-0.15, -0.1) is 0 Å². The summed E-state index contributed by atoms with van der Waals surface area (Å²) in [6.45, 7) is 0. The van der Waals surface area contributed by atoms with Gasteiger partial charge in [-0.3, -0.25) is 0 Å². The lowest BCUT2D eigenvalue weighted by atomic mass is 9.90. The number of aromatic nitrogens is 2. The van der Waals surface area contributed by atoms with Crippen molar-refractivity contribution >= 4 is 44.9 Å². The normalized spacial score (nSPS) is 12.8. The van der Waals surface area contributed by atoms with E-state index in [1.165, 1.54) is 38.6 Å². The van der Waals surface area contributed by atoms with Gasteiger partial charge in [0, 0.05) is 57.0 Å². The van der Waals surface area contributed by atoms with Gasteiger partial charge in [-0.1, -0.05) is 48.5 Å². The van der Waals surface area contributed by atoms with Crippen LogP contribution in [0.3, 0.4) is 0 Å². The fraction of sp³-hybridized carbons (Fsp3) is 0. The number of para-hydroxylation sites is 3. The van der Waals surface area contributed by atoms with Crippen molar-refractivity contribution in [2.45, 2.75) is 0 Å². The SMILES string of the molecule is C1=[NH+]c2ccccc2C1=C(c1c[nH]c2ccccc12)c1c[nH]c2ccccc12. The van der Waals surface area contributed by atoms with Crippen molar-refractivity contribution in [3.63, 3.8) is 0 Å². The number of nitrogens with one attached hydrogen (secondary N) is 3. The second-order valence-electron chi connectivity index (χ2n) is 7.12. The standard InChI is InChI=1S/C25H17N3/c1-4-10-22-16(7-1)19(13-26-22)25(20-14-27-23-11-5-2-8-17(20)23)21-15-28-24-12-6-3-9-18(21)24/h1-15,26-27H/p+1. The molecule has 0 spiro atoms. The van der Waals surface area contributed by atoms with E-state index in [0.717, 1.165) is 16.7 Å². The molecule has 0 radical (unpaired) electrons. The molecule has 0 amide bonds. The third kappa shape index (κ3) is 2.13. The molecule has 3 heterocycles. The summed E-state index contributed by atoms with van der Waals surface area (Å²) in [5.74, 6) is 0. The Morgan fingerprint density at radius 2 is 1.21 bits per heavy atom. The van der Waals surface area contributed by atoms with E-state index in [4.69, 9.17) is 0 Å². The van der Waals surface area contributed by atoms with Crippen molar-refractivity contribution < 1.29 is 4.99 Å². The highest BCUT2D eigenvalue weighted by atomic mass is 14.8. The number of aromatic amines is 2. The summed E-state index contributed by atoms with van der Waals surface area (Å²) in [6, 6.07) is 25.4. The van der Waals surface area contributed by atoms with E-state index < -0.39 is 0 Å². The second kappa shape index (κ2) is 5.83. The largest absolute Gasteiger partial charge is 0.361 e. The first-order chi connectivity index (χ1) is 13.9. The van der Waals surface area contributed by atoms with E-state index in [9.17, 15) is 0 Å². The summed E-state index contributed by atoms with van der Waals surface area (Å²) in [6.07, 6.45) is 6.39. The highest BCUT2D eigenvalue weighted by Crippen LogP contribution is 2.39. The van der Waals surface area contributed by atoms with Crippen molar-refractivity contribution in [2.24, 2.45) is 0 Å². The fourth-order valence-electron chi connectivity index (χ4n) is 4.27. The molecule has 0 aliphatic carbocycles. The van der Waals surface area contributed by atoms with Crippen LogP contribution >= 0.6 is 0 Å². The molecule has 3 heteroatoms. The Balaban J connectivity index is 1.74. The lowest BCUT2D eigenvalue weighted by Gasteiger charge is -2.09. The number of hydrogen-bond acceptors (Lipinski definition) is 0. The molecule has 132 valence electrons. The Hall–Kier alpha value is -3.85. The van der Waals surface area contributed by atoms with E-state index in [2.05, 4.69) is 106 Å². The lowest BCUT2D eigenvalue weighted by Crippen LogP contribution is -2.58. The maximum atomic E-state index is 3.45. The van der Waals surface area contributed by atoms with E-state index in [1.54, 1.807) is 0 Å². The molecule has 0 bridgehead atoms. The Morgan fingerprint density at radius 3 is 1.89 bits per heavy atom. The summed E-state index contributed by atoms with van der Waals surface area (Å²) in [5, 5.41) is 2.46. The Kier molecular flexibility index (Phi) is 3.17. The summed E-state index contributed by atoms with van der Waals surface area (Å²) in [5.41, 5.74) is 9.54. The quantitative estimate of drug-likeness (QED) is 0.418. The molecule has 3 nitrogen and oxygen atoms in total. The van der Waals surface area contributed by atoms with Gasteiger partial charge in [-0.25, -0.2) is 4.99 Å². The summed E-state index contributed by atoms with van der Waals surface area (Å²) in [4.78, 5) is 10.3. The average Bonchev–Trinajstić information content (AvgIpc) is 3.47. The van der Waals surface area contributed by atoms with E-state index in [0.29, 0.717) is 0 Å². The summed E-state index contributed by atoms with van der Waals surface area (Å²) >= 11 is 0. The molecule has 1 aliphatic rings. The van der Waals surface area contributed by atoms with Gasteiger partial charge >= 0.3 is 0 Å². The molecular formula is C25H18N3+. The zero-order chi connectivity index (χ0) is 18.5. The van der Waals surface area contributed by atoms with Crippen LogP contribution in [0.25, 0.3) is 33.0 Å². The first-order valence-electron chi connectivity index (χ1n) is 9.46. The zero-order valence-corrected chi connectivity index (χ0v) is 15.2. The molecule has 0 fully saturated rings. The van der Waals surface area contributed by atoms with Crippen molar-refractivity contribution in [3.8, 4) is 0 Å². The molecule has 6 rings (SSSR count). The van der Waals surface area contributed by atoms with Crippen LogP contribution in [0.2, 0.25) is 0 Å². The van der Waals surface area contributed by atoms with Crippen LogP contribution in [0.1, 0.15) is 16.7 Å². The highest BCUT2D eigenvalue weighted by molar-refractivity contribution is 6.26. The van der Waals surface area contributed by atoms with E-state index in [-0.39, 0.29) is 0 Å². The number of fused-ring (bicyclic) bond motifs is 3. The molecule has 3 aromatic carbocycles. The number of rotatable bonds is 2. The Labute approximate surface area is 162 Å². The number of allylic oxidation sites excluding steroid dienone is 1. The van der Waals surface area contributed by atoms with Gasteiger partial charge in [0.15, 0.2) is 6.21 Å². The smallest absolute Gasteiger partial charge is 0.211 e. The molecule has 0 unspecified atom stereocenters. The predicted molar refractivity (Wildman–Crippen MR) is 116 cm³/mol. The molecule has 3 N–H and O–H groups in total. The predicted octanol–water partition coefficient (Wildman–Crippen LogP) is 4.40. The van der Waals surface area contributed by atoms with Crippen molar-refractivity contribution in [3.05, 3.63) is 102 Å². The van der Waals surface area contributed by atoms with Gasteiger partial charge in [0.25, 0.3) is 0 Å². The topological polar surface area (TPSA) is 45.5 Å². The minimum absolute atomic E-state index is 1.15. The van der Waals surface area contributed by atoms with Crippen molar-refractivity contribution in [1.82, 2.24) is 9.97 Å². The number of H-pyrrole nitrogens is 2. The molecule has 0 saturated heterocycles. The molecule has 0 atom stereocenters. The first kappa shape index (κ1) is 15.2. The van der Waals surface area contributed by atoms with Crippen LogP contribution in [0.5, 0.6) is 0 Å². The minimum Gasteiger partial charge on any atom is -0.361 e. The third-order valence-corrected chi connectivity index (χ3v) is 5.58. The summed E-state index contributed by atoms with van der Waals surface area (Å²) in [7, 11) is 0. The summed E-state index contributed by atoms with van der Waals surface area (Å²) < 4.78 is 0. The van der Waals surface area contributed by atoms with E-state index in [1.807, 2.05) is 0 Å². The van der Waals surface area contributed by atoms with Crippen LogP contribution in [0.15, 0.2) is 85.2 Å². The van der Waals surface area contributed by atoms with Crippen LogP contribution < -0.4 is 4.99 Å². The molecule has 1 aliphatic heterocycles. The maximum Gasteiger partial charge on any atom is 0.211 e. The van der Waals surface area contributed by atoms with Crippen LogP contribution in [-0.2, 0) is 0 Å². The fourth-order valence-corrected chi connectivity index (χ4v) is 4.27. The monoisotopic (exact) mass is 360 g/mol. The third-order valence-electron chi connectivity index (χ3n) is 5.58. The highest BCUT2D eigenvalue weighted by Gasteiger charge is 2.26. The van der Waals surface area contributed by atoms with E-state index >= 15 is 0 Å². The Morgan fingerprint density at radius 1 is 0.643 bits per heavy atom. The van der Waals surface area contributed by atoms with Gasteiger partial charge in [0.1, 0.15) is 0 Å². The molecule has 5 aromatic rings. The van der Waals surface area contributed by atoms with Gasteiger partial charge in [0.05, 0.1) is 11.1 Å². The molecular weight excluding hydrogens is 342 g/mol. The lowest BCUT2D eigenvalue weighted by molar-refractivity contribution is -0.342. The van der Waals surface area contributed by atoms with Gasteiger partial charge in [-0.05, 0) is 18.2 Å². The van der Waals surface area contributed by atoms with Crippen molar-refractivity contribution in [2.75, 3.05) is 0 Å². The van der Waals surface area contributed by atoms with Crippen LogP contribution in [0, 0.1) is 0 Å². The molecule has 0 saturated carbocycles. The van der Waals surface area contributed by atoms with Gasteiger partial charge in [-0.2, -0.15) is 0 Å². The number of hydrogen-bond donors (Lipinski definition) is 3. The zero-order valence-electron chi connectivity index (χ0n) is 15.2. The van der Waals surface area contributed by atoms with Crippen molar-refractivity contribution in [1.29, 1.82) is 0 Å². The maximum absolute atomic E-state index is 3.45. The minimum atomic E-state index is 1.15. The Bertz CT molecular complexity index is 1340. The van der Waals surface area contributed by atoms with Gasteiger partial charge < -0.3 is 9.97 Å². The molecule has 28 heavy (non-hydrogen) atoms. The van der Waals surface area contributed by atoms with Crippen LogP contribution in [0.4, 0.5) is 5.69 Å².